The summed E-state index contributed by atoms with van der Waals surface area (Å²) in [5.74, 6) is -0.864. The fourth-order valence-corrected chi connectivity index (χ4v) is 3.06. The van der Waals surface area contributed by atoms with Crippen molar-refractivity contribution < 1.29 is 27.8 Å². The molecule has 0 atom stereocenters. The Morgan fingerprint density at radius 1 is 0.963 bits per heavy atom. The van der Waals surface area contributed by atoms with E-state index in [0.717, 1.165) is 6.07 Å². The van der Waals surface area contributed by atoms with Crippen molar-refractivity contribution in [2.75, 3.05) is 0 Å². The van der Waals surface area contributed by atoms with Gasteiger partial charge in [-0.15, -0.1) is 0 Å². The van der Waals surface area contributed by atoms with Crippen LogP contribution in [0, 0.1) is 13.8 Å². The molecule has 0 saturated carbocycles. The molecule has 27 heavy (non-hydrogen) atoms. The average Bonchev–Trinajstić information content (AvgIpc) is 2.85. The van der Waals surface area contributed by atoms with Crippen molar-refractivity contribution in [3.63, 3.8) is 0 Å². The van der Waals surface area contributed by atoms with E-state index in [4.69, 9.17) is 4.74 Å². The lowest BCUT2D eigenvalue weighted by Crippen LogP contribution is -2.12. The zero-order valence-corrected chi connectivity index (χ0v) is 14.5. The van der Waals surface area contributed by atoms with Crippen molar-refractivity contribution >= 4 is 5.97 Å². The zero-order valence-electron chi connectivity index (χ0n) is 14.5. The molecule has 3 aromatic rings. The number of carbonyl (C=O) groups is 1. The van der Waals surface area contributed by atoms with Crippen LogP contribution in [0.4, 0.5) is 13.2 Å². The van der Waals surface area contributed by atoms with Gasteiger partial charge in [-0.1, -0.05) is 30.3 Å². The number of halogens is 3. The zero-order chi connectivity index (χ0) is 19.8. The van der Waals surface area contributed by atoms with Gasteiger partial charge in [-0.05, 0) is 38.1 Å². The number of rotatable bonds is 4. The van der Waals surface area contributed by atoms with Gasteiger partial charge in [0.05, 0.1) is 16.9 Å². The highest BCUT2D eigenvalue weighted by Crippen LogP contribution is 2.40. The van der Waals surface area contributed by atoms with Crippen LogP contribution in [0.2, 0.25) is 0 Å². The van der Waals surface area contributed by atoms with E-state index < -0.39 is 17.7 Å². The lowest BCUT2D eigenvalue weighted by molar-refractivity contribution is -0.137. The Morgan fingerprint density at radius 2 is 1.56 bits per heavy atom. The van der Waals surface area contributed by atoms with Gasteiger partial charge >= 0.3 is 12.1 Å². The Bertz CT molecular complexity index is 992. The number of hydrogen-bond donors (Lipinski definition) is 1. The summed E-state index contributed by atoms with van der Waals surface area (Å²) in [7, 11) is 0. The van der Waals surface area contributed by atoms with E-state index in [1.54, 1.807) is 30.3 Å². The number of alkyl halides is 3. The number of hydrogen-bond acceptors (Lipinski definition) is 2. The monoisotopic (exact) mass is 375 g/mol. The molecule has 0 unspecified atom stereocenters. The minimum absolute atomic E-state index is 0.0168. The molecule has 7 heteroatoms. The van der Waals surface area contributed by atoms with Crippen molar-refractivity contribution in [2.45, 2.75) is 20.0 Å². The number of nitrogens with zero attached hydrogens (tertiary/aromatic N) is 1. The minimum Gasteiger partial charge on any atom is -0.477 e. The molecule has 1 N–H and O–H groups in total. The summed E-state index contributed by atoms with van der Waals surface area (Å²) in [5.41, 5.74) is -0.749. The first-order valence-electron chi connectivity index (χ1n) is 8.06. The van der Waals surface area contributed by atoms with Gasteiger partial charge in [0, 0.05) is 5.69 Å². The normalized spacial score (nSPS) is 11.4. The summed E-state index contributed by atoms with van der Waals surface area (Å²) in [5, 5.41) is 9.62. The van der Waals surface area contributed by atoms with Crippen LogP contribution in [0.15, 0.2) is 54.6 Å². The number of aromatic carboxylic acids is 1. The van der Waals surface area contributed by atoms with E-state index in [-0.39, 0.29) is 28.4 Å². The van der Waals surface area contributed by atoms with E-state index >= 15 is 0 Å². The Kier molecular flexibility index (Phi) is 4.70. The van der Waals surface area contributed by atoms with Crippen LogP contribution in [0.25, 0.3) is 5.69 Å². The number of carboxylic acid groups (broad SMARTS) is 1. The largest absolute Gasteiger partial charge is 0.477 e. The van der Waals surface area contributed by atoms with E-state index in [1.165, 1.54) is 36.6 Å². The van der Waals surface area contributed by atoms with Gasteiger partial charge in [0.2, 0.25) is 0 Å². The van der Waals surface area contributed by atoms with Crippen molar-refractivity contribution in [1.82, 2.24) is 4.57 Å². The summed E-state index contributed by atoms with van der Waals surface area (Å²) < 4.78 is 47.3. The lowest BCUT2D eigenvalue weighted by atomic mass is 10.1. The van der Waals surface area contributed by atoms with Gasteiger partial charge < -0.3 is 14.4 Å². The third-order valence-electron chi connectivity index (χ3n) is 4.22. The van der Waals surface area contributed by atoms with Gasteiger partial charge in [-0.3, -0.25) is 0 Å². The fraction of sp³-hybridized carbons (Fsp3) is 0.150. The molecule has 0 spiro atoms. The Balaban J connectivity index is 2.25. The standard InChI is InChI=1S/C20H16F3NO3/c1-12-17(19(25)26)18(27-14-8-4-3-5-9-14)13(2)24(12)16-11-7-6-10-15(16)20(21,22)23/h3-11H,1-2H3,(H,25,26). The predicted octanol–water partition coefficient (Wildman–Crippen LogP) is 5.60. The predicted molar refractivity (Wildman–Crippen MR) is 93.7 cm³/mol. The third-order valence-corrected chi connectivity index (χ3v) is 4.22. The van der Waals surface area contributed by atoms with Crippen LogP contribution in [0.5, 0.6) is 11.5 Å². The molecule has 0 fully saturated rings. The maximum Gasteiger partial charge on any atom is 0.418 e. The Morgan fingerprint density at radius 3 is 2.15 bits per heavy atom. The van der Waals surface area contributed by atoms with Crippen LogP contribution < -0.4 is 4.74 Å². The molecular weight excluding hydrogens is 359 g/mol. The SMILES string of the molecule is Cc1c(Oc2ccccc2)c(C(=O)O)c(C)n1-c1ccccc1C(F)(F)F. The van der Waals surface area contributed by atoms with Crippen molar-refractivity contribution in [3.8, 4) is 17.2 Å². The fourth-order valence-electron chi connectivity index (χ4n) is 3.06. The maximum absolute atomic E-state index is 13.4. The second kappa shape index (κ2) is 6.83. The van der Waals surface area contributed by atoms with Crippen LogP contribution in [-0.2, 0) is 6.18 Å². The number of para-hydroxylation sites is 2. The first-order valence-corrected chi connectivity index (χ1v) is 8.06. The number of carboxylic acids is 1. The van der Waals surface area contributed by atoms with Crippen LogP contribution in [0.3, 0.4) is 0 Å². The molecule has 0 bridgehead atoms. The van der Waals surface area contributed by atoms with E-state index in [1.807, 2.05) is 0 Å². The quantitative estimate of drug-likeness (QED) is 0.645. The topological polar surface area (TPSA) is 51.5 Å². The Hall–Kier alpha value is -3.22. The Labute approximate surface area is 153 Å². The highest BCUT2D eigenvalue weighted by Gasteiger charge is 2.35. The molecule has 0 aliphatic carbocycles. The van der Waals surface area contributed by atoms with Gasteiger partial charge in [0.25, 0.3) is 0 Å². The summed E-state index contributed by atoms with van der Waals surface area (Å²) in [6.45, 7) is 2.99. The van der Waals surface area contributed by atoms with Crippen LogP contribution in [-0.4, -0.2) is 15.6 Å². The van der Waals surface area contributed by atoms with Gasteiger partial charge in [-0.2, -0.15) is 13.2 Å². The number of benzene rings is 2. The molecule has 1 aromatic heterocycles. The first kappa shape index (κ1) is 18.6. The second-order valence-corrected chi connectivity index (χ2v) is 5.95. The number of ether oxygens (including phenoxy) is 1. The molecule has 0 amide bonds. The molecular formula is C20H16F3NO3. The summed E-state index contributed by atoms with van der Waals surface area (Å²) in [6.07, 6.45) is -4.58. The molecule has 1 heterocycles. The third kappa shape index (κ3) is 3.40. The molecule has 4 nitrogen and oxygen atoms in total. The van der Waals surface area contributed by atoms with Gasteiger partial charge in [-0.25, -0.2) is 4.79 Å². The molecule has 0 radical (unpaired) electrons. The minimum atomic E-state index is -4.58. The summed E-state index contributed by atoms with van der Waals surface area (Å²) in [4.78, 5) is 11.8. The van der Waals surface area contributed by atoms with E-state index in [9.17, 15) is 23.1 Å². The molecule has 0 aliphatic rings. The van der Waals surface area contributed by atoms with Gasteiger partial charge in [0.1, 0.15) is 11.3 Å². The molecule has 140 valence electrons. The average molecular weight is 375 g/mol. The highest BCUT2D eigenvalue weighted by atomic mass is 19.4. The van der Waals surface area contributed by atoms with Crippen LogP contribution >= 0.6 is 0 Å². The van der Waals surface area contributed by atoms with Gasteiger partial charge in [0.15, 0.2) is 5.75 Å². The van der Waals surface area contributed by atoms with E-state index in [0.29, 0.717) is 5.75 Å². The molecule has 0 saturated heterocycles. The summed E-state index contributed by atoms with van der Waals surface area (Å²) >= 11 is 0. The van der Waals surface area contributed by atoms with Crippen molar-refractivity contribution in [3.05, 3.63) is 77.1 Å². The lowest BCUT2D eigenvalue weighted by Gasteiger charge is -2.16. The summed E-state index contributed by atoms with van der Waals surface area (Å²) in [6, 6.07) is 13.5. The smallest absolute Gasteiger partial charge is 0.418 e. The van der Waals surface area contributed by atoms with Crippen LogP contribution in [0.1, 0.15) is 27.3 Å². The number of aromatic nitrogens is 1. The molecule has 2 aromatic carbocycles. The van der Waals surface area contributed by atoms with E-state index in [2.05, 4.69) is 0 Å². The van der Waals surface area contributed by atoms with Crippen molar-refractivity contribution in [2.24, 2.45) is 0 Å². The first-order chi connectivity index (χ1) is 12.7. The highest BCUT2D eigenvalue weighted by molar-refractivity contribution is 5.93. The maximum atomic E-state index is 13.4. The second-order valence-electron chi connectivity index (χ2n) is 5.95. The molecule has 3 rings (SSSR count). The van der Waals surface area contributed by atoms with Crippen molar-refractivity contribution in [1.29, 1.82) is 0 Å². The molecule has 0 aliphatic heterocycles.